The molecule has 0 unspecified atom stereocenters. The molecule has 0 spiro atoms. The van der Waals surface area contributed by atoms with Crippen LogP contribution in [0.2, 0.25) is 0 Å². The van der Waals surface area contributed by atoms with E-state index in [1.54, 1.807) is 14.1 Å². The van der Waals surface area contributed by atoms with Crippen LogP contribution in [0.25, 0.3) is 0 Å². The summed E-state index contributed by atoms with van der Waals surface area (Å²) in [5.74, 6) is 0. The van der Waals surface area contributed by atoms with Crippen molar-refractivity contribution in [2.45, 2.75) is 26.2 Å². The summed E-state index contributed by atoms with van der Waals surface area (Å²) in [6.45, 7) is 3.22. The normalized spacial score (nSPS) is 22.6. The van der Waals surface area contributed by atoms with Gasteiger partial charge in [0.15, 0.2) is 0 Å². The molecule has 6 heteroatoms. The Morgan fingerprint density at radius 3 is 2.12 bits per heavy atom. The molecule has 1 rings (SSSR count). The van der Waals surface area contributed by atoms with Crippen LogP contribution in [0.1, 0.15) is 26.2 Å². The van der Waals surface area contributed by atoms with Crippen molar-refractivity contribution in [3.63, 3.8) is 0 Å². The molecule has 0 amide bonds. The number of hydrogen-bond acceptors (Lipinski definition) is 3. The first-order chi connectivity index (χ1) is 7.38. The second-order valence-electron chi connectivity index (χ2n) is 4.70. The van der Waals surface area contributed by atoms with Gasteiger partial charge in [0, 0.05) is 33.8 Å². The van der Waals surface area contributed by atoms with Crippen molar-refractivity contribution in [1.29, 1.82) is 0 Å². The van der Waals surface area contributed by atoms with Gasteiger partial charge in [-0.1, -0.05) is 6.92 Å². The summed E-state index contributed by atoms with van der Waals surface area (Å²) in [7, 11) is -0.192. The van der Waals surface area contributed by atoms with Crippen LogP contribution in [0.3, 0.4) is 0 Å². The first-order valence-corrected chi connectivity index (χ1v) is 7.06. The number of aliphatic hydroxyl groups excluding tert-OH is 1. The highest BCUT2D eigenvalue weighted by molar-refractivity contribution is 7.86. The van der Waals surface area contributed by atoms with E-state index >= 15 is 0 Å². The van der Waals surface area contributed by atoms with E-state index in [0.29, 0.717) is 13.1 Å². The summed E-state index contributed by atoms with van der Waals surface area (Å²) in [6, 6.07) is 0. The van der Waals surface area contributed by atoms with Crippen molar-refractivity contribution in [2.75, 3.05) is 33.8 Å². The van der Waals surface area contributed by atoms with E-state index in [4.69, 9.17) is 0 Å². The first kappa shape index (κ1) is 13.9. The van der Waals surface area contributed by atoms with Crippen molar-refractivity contribution < 1.29 is 13.5 Å². The molecule has 96 valence electrons. The van der Waals surface area contributed by atoms with E-state index in [1.807, 2.05) is 6.92 Å². The van der Waals surface area contributed by atoms with Crippen LogP contribution in [0.5, 0.6) is 0 Å². The van der Waals surface area contributed by atoms with Crippen LogP contribution < -0.4 is 0 Å². The minimum absolute atomic E-state index is 0.0711. The Morgan fingerprint density at radius 2 is 1.81 bits per heavy atom. The van der Waals surface area contributed by atoms with Crippen molar-refractivity contribution in [3.8, 4) is 0 Å². The van der Waals surface area contributed by atoms with Crippen LogP contribution in [0.15, 0.2) is 0 Å². The third-order valence-electron chi connectivity index (χ3n) is 3.66. The van der Waals surface area contributed by atoms with Crippen LogP contribution in [-0.2, 0) is 10.2 Å². The van der Waals surface area contributed by atoms with E-state index in [9.17, 15) is 13.5 Å². The second-order valence-corrected chi connectivity index (χ2v) is 6.84. The maximum absolute atomic E-state index is 11.9. The molecule has 0 atom stereocenters. The molecule has 0 saturated carbocycles. The molecule has 16 heavy (non-hydrogen) atoms. The summed E-state index contributed by atoms with van der Waals surface area (Å²) in [5.41, 5.74) is -0.0711. The number of nitrogens with zero attached hydrogens (tertiary/aromatic N) is 2. The predicted molar refractivity (Wildman–Crippen MR) is 63.2 cm³/mol. The molecule has 0 aromatic carbocycles. The zero-order valence-electron chi connectivity index (χ0n) is 10.3. The van der Waals surface area contributed by atoms with Gasteiger partial charge >= 0.3 is 0 Å². The zero-order valence-corrected chi connectivity index (χ0v) is 11.1. The molecule has 1 saturated heterocycles. The van der Waals surface area contributed by atoms with Crippen LogP contribution in [-0.4, -0.2) is 55.9 Å². The Balaban J connectivity index is 2.69. The average Bonchev–Trinajstić information content (AvgIpc) is 2.29. The van der Waals surface area contributed by atoms with E-state index in [1.165, 1.54) is 8.61 Å². The monoisotopic (exact) mass is 250 g/mol. The quantitative estimate of drug-likeness (QED) is 0.779. The molecule has 5 nitrogen and oxygen atoms in total. The van der Waals surface area contributed by atoms with E-state index < -0.39 is 10.2 Å². The fourth-order valence-corrected chi connectivity index (χ4v) is 3.15. The highest BCUT2D eigenvalue weighted by Crippen LogP contribution is 2.35. The molecule has 1 fully saturated rings. The highest BCUT2D eigenvalue weighted by Gasteiger charge is 2.36. The third-order valence-corrected chi connectivity index (χ3v) is 5.60. The largest absolute Gasteiger partial charge is 0.396 e. The second kappa shape index (κ2) is 5.00. The van der Waals surface area contributed by atoms with Gasteiger partial charge in [-0.05, 0) is 24.7 Å². The minimum atomic E-state index is -3.28. The van der Waals surface area contributed by atoms with E-state index in [-0.39, 0.29) is 12.0 Å². The topological polar surface area (TPSA) is 60.9 Å². The molecule has 0 aromatic heterocycles. The summed E-state index contributed by atoms with van der Waals surface area (Å²) in [6.07, 6.45) is 2.39. The smallest absolute Gasteiger partial charge is 0.281 e. The Bertz CT molecular complexity index is 313. The molecule has 0 aromatic rings. The number of piperidine rings is 1. The maximum atomic E-state index is 11.9. The summed E-state index contributed by atoms with van der Waals surface area (Å²) >= 11 is 0. The maximum Gasteiger partial charge on any atom is 0.281 e. The molecular weight excluding hydrogens is 228 g/mol. The predicted octanol–water partition coefficient (Wildman–Crippen LogP) is 0.277. The minimum Gasteiger partial charge on any atom is -0.396 e. The zero-order chi connectivity index (χ0) is 12.4. The molecule has 1 aliphatic heterocycles. The lowest BCUT2D eigenvalue weighted by atomic mass is 9.77. The highest BCUT2D eigenvalue weighted by atomic mass is 32.2. The number of aliphatic hydroxyl groups is 1. The van der Waals surface area contributed by atoms with Gasteiger partial charge in [0.1, 0.15) is 0 Å². The third kappa shape index (κ3) is 2.56. The van der Waals surface area contributed by atoms with Gasteiger partial charge < -0.3 is 5.11 Å². The summed E-state index contributed by atoms with van der Waals surface area (Å²) in [4.78, 5) is 0. The molecule has 1 N–H and O–H groups in total. The van der Waals surface area contributed by atoms with Crippen molar-refractivity contribution in [3.05, 3.63) is 0 Å². The first-order valence-electron chi connectivity index (χ1n) is 5.66. The van der Waals surface area contributed by atoms with Gasteiger partial charge in [0.25, 0.3) is 10.2 Å². The molecule has 0 aliphatic carbocycles. The number of rotatable bonds is 4. The fraction of sp³-hybridized carbons (Fsp3) is 1.00. The van der Waals surface area contributed by atoms with Gasteiger partial charge in [-0.2, -0.15) is 17.0 Å². The Kier molecular flexibility index (Phi) is 4.34. The Hall–Kier alpha value is -0.170. The lowest BCUT2D eigenvalue weighted by Gasteiger charge is -2.40. The molecule has 0 bridgehead atoms. The molecule has 0 radical (unpaired) electrons. The molecule has 1 aliphatic rings. The van der Waals surface area contributed by atoms with E-state index in [2.05, 4.69) is 0 Å². The van der Waals surface area contributed by atoms with Gasteiger partial charge in [-0.15, -0.1) is 0 Å². The van der Waals surface area contributed by atoms with Crippen molar-refractivity contribution in [2.24, 2.45) is 5.41 Å². The summed E-state index contributed by atoms with van der Waals surface area (Å²) in [5, 5.41) is 9.36. The fourth-order valence-electron chi connectivity index (χ4n) is 2.05. The van der Waals surface area contributed by atoms with Crippen molar-refractivity contribution >= 4 is 10.2 Å². The van der Waals surface area contributed by atoms with Gasteiger partial charge in [0.2, 0.25) is 0 Å². The van der Waals surface area contributed by atoms with Crippen molar-refractivity contribution in [1.82, 2.24) is 8.61 Å². The van der Waals surface area contributed by atoms with Gasteiger partial charge in [-0.3, -0.25) is 0 Å². The average molecular weight is 250 g/mol. The lowest BCUT2D eigenvalue weighted by molar-refractivity contribution is 0.0635. The van der Waals surface area contributed by atoms with E-state index in [0.717, 1.165) is 19.3 Å². The van der Waals surface area contributed by atoms with Crippen LogP contribution in [0, 0.1) is 5.41 Å². The Morgan fingerprint density at radius 1 is 1.31 bits per heavy atom. The van der Waals surface area contributed by atoms with Crippen LogP contribution in [0.4, 0.5) is 0 Å². The summed E-state index contributed by atoms with van der Waals surface area (Å²) < 4.78 is 26.5. The standard InChI is InChI=1S/C10H22N2O3S/c1-4-10(9-13)5-7-12(8-6-10)16(14,15)11(2)3/h13H,4-9H2,1-3H3. The van der Waals surface area contributed by atoms with Gasteiger partial charge in [0.05, 0.1) is 0 Å². The SMILES string of the molecule is CCC1(CO)CCN(S(=O)(=O)N(C)C)CC1. The molecular formula is C10H22N2O3S. The Labute approximate surface area is 98.2 Å². The van der Waals surface area contributed by atoms with Gasteiger partial charge in [-0.25, -0.2) is 0 Å². The molecule has 1 heterocycles. The van der Waals surface area contributed by atoms with Crippen LogP contribution >= 0.6 is 0 Å². The lowest BCUT2D eigenvalue weighted by Crippen LogP contribution is -2.48. The number of hydrogen-bond donors (Lipinski definition) is 1.